The zero-order chi connectivity index (χ0) is 29.4. The molecule has 1 fully saturated rings. The van der Waals surface area contributed by atoms with Crippen LogP contribution in [0.15, 0.2) is 73.8 Å². The van der Waals surface area contributed by atoms with Crippen molar-refractivity contribution in [1.29, 1.82) is 0 Å². The number of aromatic amines is 2. The molecule has 0 unspecified atom stereocenters. The summed E-state index contributed by atoms with van der Waals surface area (Å²) in [6.45, 7) is 3.95. The number of anilines is 4. The Morgan fingerprint density at radius 1 is 0.571 bits per heavy atom. The SMILES string of the molecule is Cc1ccc(N2P(Cl)(Cl)(Nc3ncnc4nc[nH]c34)N(c3ccc(C)cc3)P2(Cl)(Cl)Nc2ncnc3nc[nH]c23)cc1. The van der Waals surface area contributed by atoms with E-state index in [0.29, 0.717) is 45.3 Å². The molecule has 0 radical (unpaired) electrons. The van der Waals surface area contributed by atoms with Crippen molar-refractivity contribution in [3.8, 4) is 0 Å². The number of nitrogens with one attached hydrogen (secondary N) is 4. The average Bonchev–Trinajstić information content (AvgIpc) is 3.62. The van der Waals surface area contributed by atoms with Crippen LogP contribution in [0.25, 0.3) is 22.3 Å². The number of aryl methyl sites for hydroxylation is 2. The van der Waals surface area contributed by atoms with E-state index < -0.39 is 11.5 Å². The van der Waals surface area contributed by atoms with Gasteiger partial charge >= 0.3 is 260 Å². The summed E-state index contributed by atoms with van der Waals surface area (Å²) >= 11 is 31.2. The molecule has 1 saturated heterocycles. The second-order valence-corrected chi connectivity index (χ2v) is 24.5. The van der Waals surface area contributed by atoms with E-state index in [2.05, 4.69) is 50.0 Å². The Morgan fingerprint density at radius 2 is 0.952 bits per heavy atom. The molecule has 1 aliphatic heterocycles. The number of hydrogen-bond acceptors (Lipinski definition) is 10. The summed E-state index contributed by atoms with van der Waals surface area (Å²) in [5, 5.41) is 6.69. The van der Waals surface area contributed by atoms with Gasteiger partial charge in [0.1, 0.15) is 0 Å². The van der Waals surface area contributed by atoms with E-state index in [-0.39, 0.29) is 0 Å². The van der Waals surface area contributed by atoms with Gasteiger partial charge < -0.3 is 0 Å². The maximum absolute atomic E-state index is 7.80. The Kier molecular flexibility index (Phi) is 6.00. The van der Waals surface area contributed by atoms with E-state index in [4.69, 9.17) is 45.0 Å². The fourth-order valence-corrected chi connectivity index (χ4v) is 29.0. The molecule has 0 atom stereocenters. The van der Waals surface area contributed by atoms with Crippen LogP contribution in [0.1, 0.15) is 11.1 Å². The number of nitrogens with zero attached hydrogens (tertiary/aromatic N) is 8. The third kappa shape index (κ3) is 3.97. The summed E-state index contributed by atoms with van der Waals surface area (Å²) in [6.07, 6.45) is 5.77. The number of imidazole rings is 2. The van der Waals surface area contributed by atoms with Crippen LogP contribution in [0.5, 0.6) is 0 Å². The minimum absolute atomic E-state index is 0.318. The first kappa shape index (κ1) is 27.6. The van der Waals surface area contributed by atoms with Crippen LogP contribution >= 0.6 is 56.5 Å². The van der Waals surface area contributed by atoms with Gasteiger partial charge in [0, 0.05) is 0 Å². The van der Waals surface area contributed by atoms with Crippen molar-refractivity contribution < 1.29 is 0 Å². The molecule has 4 N–H and O–H groups in total. The Hall–Kier alpha value is -3.24. The summed E-state index contributed by atoms with van der Waals surface area (Å²) in [6, 6.07) is 15.1. The Bertz CT molecular complexity index is 1820. The van der Waals surface area contributed by atoms with Crippen molar-refractivity contribution in [3.63, 3.8) is 0 Å². The molecule has 0 spiro atoms. The van der Waals surface area contributed by atoms with Gasteiger partial charge in [-0.15, -0.1) is 0 Å². The number of benzene rings is 2. The van der Waals surface area contributed by atoms with Gasteiger partial charge in [0.25, 0.3) is 0 Å². The first-order valence-electron chi connectivity index (χ1n) is 12.5. The quantitative estimate of drug-likeness (QED) is 0.127. The molecule has 216 valence electrons. The molecular formula is C24H22Cl4N12P2. The van der Waals surface area contributed by atoms with Crippen molar-refractivity contribution in [2.75, 3.05) is 19.1 Å². The first-order chi connectivity index (χ1) is 20.0. The fraction of sp³-hybridized carbons (Fsp3) is 0.0833. The van der Waals surface area contributed by atoms with Crippen LogP contribution in [0.2, 0.25) is 0 Å². The molecule has 2 aromatic carbocycles. The molecule has 0 bridgehead atoms. The van der Waals surface area contributed by atoms with Crippen molar-refractivity contribution >= 4 is 102 Å². The molecule has 7 rings (SSSR count). The number of aromatic nitrogens is 8. The molecule has 42 heavy (non-hydrogen) atoms. The van der Waals surface area contributed by atoms with Gasteiger partial charge in [-0.3, -0.25) is 0 Å². The predicted molar refractivity (Wildman–Crippen MR) is 175 cm³/mol. The van der Waals surface area contributed by atoms with Crippen molar-refractivity contribution in [3.05, 3.63) is 85.0 Å². The zero-order valence-corrected chi connectivity index (χ0v) is 26.7. The Morgan fingerprint density at radius 3 is 1.33 bits per heavy atom. The second kappa shape index (κ2) is 9.13. The molecule has 6 aromatic rings. The van der Waals surface area contributed by atoms with E-state index in [9.17, 15) is 0 Å². The van der Waals surface area contributed by atoms with Gasteiger partial charge in [-0.25, -0.2) is 0 Å². The van der Waals surface area contributed by atoms with Crippen molar-refractivity contribution in [2.45, 2.75) is 13.8 Å². The van der Waals surface area contributed by atoms with E-state index in [1.807, 2.05) is 62.4 Å². The number of hydrogen-bond donors (Lipinski definition) is 4. The van der Waals surface area contributed by atoms with Crippen LogP contribution in [-0.2, 0) is 0 Å². The van der Waals surface area contributed by atoms with E-state index in [1.165, 1.54) is 25.3 Å². The van der Waals surface area contributed by atoms with E-state index >= 15 is 0 Å². The molecule has 0 aliphatic carbocycles. The van der Waals surface area contributed by atoms with Gasteiger partial charge in [-0.2, -0.15) is 0 Å². The predicted octanol–water partition coefficient (Wildman–Crippen LogP) is 8.40. The second-order valence-electron chi connectivity index (χ2n) is 9.77. The summed E-state index contributed by atoms with van der Waals surface area (Å²) in [4.78, 5) is 32.0. The number of rotatable bonds is 6. The average molecular weight is 682 g/mol. The Labute approximate surface area is 258 Å². The Balaban J connectivity index is 1.50. The van der Waals surface area contributed by atoms with Crippen LogP contribution < -0.4 is 19.1 Å². The van der Waals surface area contributed by atoms with Gasteiger partial charge in [0.2, 0.25) is 0 Å². The molecule has 0 amide bonds. The monoisotopic (exact) mass is 680 g/mol. The standard InChI is InChI=1S/C24H22Cl4N12P2/c1-15-3-7-17(8-4-15)39-41(25,26,37-23-19-21(31-11-29-19)33-13-35-23)40(18-9-5-16(2)6-10-18)42(39,27,28)38-24-20-22(32-12-30-20)34-14-36-24/h3-14H,1-2H3,(H2,29,31,33,35,37)(H2,30,32,34,36,38). The van der Waals surface area contributed by atoms with Crippen LogP contribution in [0.4, 0.5) is 23.0 Å². The molecule has 1 aliphatic rings. The number of fused-ring (bicyclic) bond motifs is 2. The van der Waals surface area contributed by atoms with Crippen LogP contribution in [0, 0.1) is 13.8 Å². The minimum atomic E-state index is -4.65. The maximum atomic E-state index is 7.80. The van der Waals surface area contributed by atoms with Crippen molar-refractivity contribution in [1.82, 2.24) is 39.9 Å². The van der Waals surface area contributed by atoms with Crippen LogP contribution in [0.3, 0.4) is 0 Å². The summed E-state index contributed by atoms with van der Waals surface area (Å²) in [5.74, 6) is -8.67. The molecule has 18 heteroatoms. The zero-order valence-electron chi connectivity index (χ0n) is 21.9. The molecular weight excluding hydrogens is 660 g/mol. The number of H-pyrrole nitrogens is 2. The van der Waals surface area contributed by atoms with Gasteiger partial charge in [-0.1, -0.05) is 0 Å². The first-order valence-corrected chi connectivity index (χ1v) is 20.4. The van der Waals surface area contributed by atoms with Gasteiger partial charge in [-0.05, 0) is 0 Å². The fourth-order valence-electron chi connectivity index (χ4n) is 5.03. The summed E-state index contributed by atoms with van der Waals surface area (Å²) < 4.78 is 3.30. The van der Waals surface area contributed by atoms with Crippen LogP contribution in [-0.4, -0.2) is 39.9 Å². The van der Waals surface area contributed by atoms with Crippen molar-refractivity contribution in [2.24, 2.45) is 0 Å². The topological polar surface area (TPSA) is 139 Å². The molecule has 5 heterocycles. The molecule has 0 saturated carbocycles. The van der Waals surface area contributed by atoms with Gasteiger partial charge in [0.05, 0.1) is 0 Å². The summed E-state index contributed by atoms with van der Waals surface area (Å²) in [5.41, 5.74) is 5.06. The van der Waals surface area contributed by atoms with E-state index in [0.717, 1.165) is 11.1 Å². The molecule has 12 nitrogen and oxygen atoms in total. The number of halogens is 4. The normalized spacial score (nSPS) is 20.1. The van der Waals surface area contributed by atoms with Gasteiger partial charge in [0.15, 0.2) is 0 Å². The third-order valence-corrected chi connectivity index (χ3v) is 22.9. The summed E-state index contributed by atoms with van der Waals surface area (Å²) in [7, 11) is 0. The van der Waals surface area contributed by atoms with E-state index in [1.54, 1.807) is 8.88 Å². The third-order valence-electron chi connectivity index (χ3n) is 6.85. The molecule has 4 aromatic heterocycles.